The number of carboxylic acids is 1. The zero-order valence-corrected chi connectivity index (χ0v) is 11.3. The summed E-state index contributed by atoms with van der Waals surface area (Å²) in [6, 6.07) is 9.72. The number of hydrogen-bond donors (Lipinski definition) is 1. The third kappa shape index (κ3) is 2.84. The summed E-state index contributed by atoms with van der Waals surface area (Å²) in [6.45, 7) is 4.73. The van der Waals surface area contributed by atoms with Crippen LogP contribution in [0.5, 0.6) is 0 Å². The number of carbonyl (C=O) groups is 1. The van der Waals surface area contributed by atoms with Gasteiger partial charge in [0, 0.05) is 12.1 Å². The molecule has 0 aliphatic heterocycles. The number of benzene rings is 1. The Hall–Kier alpha value is -2.10. The van der Waals surface area contributed by atoms with Crippen molar-refractivity contribution >= 4 is 5.97 Å². The van der Waals surface area contributed by atoms with Crippen LogP contribution in [0.1, 0.15) is 36.3 Å². The van der Waals surface area contributed by atoms with E-state index in [1.54, 1.807) is 10.7 Å². The van der Waals surface area contributed by atoms with E-state index >= 15 is 0 Å². The topological polar surface area (TPSA) is 55.1 Å². The number of hydrogen-bond acceptors (Lipinski definition) is 2. The van der Waals surface area contributed by atoms with Crippen LogP contribution in [-0.4, -0.2) is 20.9 Å². The fourth-order valence-electron chi connectivity index (χ4n) is 2.02. The average Bonchev–Trinajstić information content (AvgIpc) is 2.83. The van der Waals surface area contributed by atoms with Gasteiger partial charge in [-0.2, -0.15) is 5.10 Å². The highest BCUT2D eigenvalue weighted by Gasteiger charge is 2.14. The molecule has 0 aliphatic rings. The maximum absolute atomic E-state index is 11.2. The Morgan fingerprint density at radius 3 is 2.47 bits per heavy atom. The third-order valence-electron chi connectivity index (χ3n) is 3.09. The summed E-state index contributed by atoms with van der Waals surface area (Å²) < 4.78 is 1.56. The molecule has 0 saturated heterocycles. The SMILES string of the molecule is CCCn1nc(-c2ccc(CC)cc2)cc1C(=O)O. The summed E-state index contributed by atoms with van der Waals surface area (Å²) in [5, 5.41) is 13.6. The zero-order chi connectivity index (χ0) is 13.8. The molecule has 2 aromatic rings. The van der Waals surface area contributed by atoms with Crippen molar-refractivity contribution in [3.63, 3.8) is 0 Å². The number of aromatic carboxylic acids is 1. The minimum atomic E-state index is -0.933. The highest BCUT2D eigenvalue weighted by molar-refractivity contribution is 5.87. The first kappa shape index (κ1) is 13.3. The van der Waals surface area contributed by atoms with Crippen LogP contribution >= 0.6 is 0 Å². The van der Waals surface area contributed by atoms with Gasteiger partial charge in [0.05, 0.1) is 5.69 Å². The van der Waals surface area contributed by atoms with E-state index in [9.17, 15) is 9.90 Å². The quantitative estimate of drug-likeness (QED) is 0.895. The largest absolute Gasteiger partial charge is 0.477 e. The molecule has 19 heavy (non-hydrogen) atoms. The molecule has 100 valence electrons. The highest BCUT2D eigenvalue weighted by Crippen LogP contribution is 2.20. The van der Waals surface area contributed by atoms with Gasteiger partial charge < -0.3 is 5.11 Å². The van der Waals surface area contributed by atoms with Gasteiger partial charge in [0.25, 0.3) is 0 Å². The molecular formula is C15H18N2O2. The van der Waals surface area contributed by atoms with Gasteiger partial charge in [-0.05, 0) is 24.5 Å². The molecule has 0 spiro atoms. The van der Waals surface area contributed by atoms with Crippen molar-refractivity contribution in [3.8, 4) is 11.3 Å². The molecule has 1 aromatic heterocycles. The molecule has 2 rings (SSSR count). The summed E-state index contributed by atoms with van der Waals surface area (Å²) in [5.74, 6) is -0.933. The summed E-state index contributed by atoms with van der Waals surface area (Å²) in [4.78, 5) is 11.2. The summed E-state index contributed by atoms with van der Waals surface area (Å²) in [7, 11) is 0. The zero-order valence-electron chi connectivity index (χ0n) is 11.3. The van der Waals surface area contributed by atoms with Crippen LogP contribution in [0, 0.1) is 0 Å². The van der Waals surface area contributed by atoms with Crippen LogP contribution in [0.3, 0.4) is 0 Å². The predicted molar refractivity (Wildman–Crippen MR) is 74.3 cm³/mol. The van der Waals surface area contributed by atoms with Gasteiger partial charge in [-0.15, -0.1) is 0 Å². The van der Waals surface area contributed by atoms with Crippen LogP contribution in [-0.2, 0) is 13.0 Å². The first-order valence-corrected chi connectivity index (χ1v) is 6.56. The Morgan fingerprint density at radius 1 is 1.26 bits per heavy atom. The van der Waals surface area contributed by atoms with E-state index in [4.69, 9.17) is 0 Å². The van der Waals surface area contributed by atoms with Gasteiger partial charge in [0.1, 0.15) is 5.69 Å². The Bertz CT molecular complexity index is 570. The fourth-order valence-corrected chi connectivity index (χ4v) is 2.02. The van der Waals surface area contributed by atoms with Crippen molar-refractivity contribution < 1.29 is 9.90 Å². The van der Waals surface area contributed by atoms with E-state index in [2.05, 4.69) is 24.2 Å². The molecule has 0 fully saturated rings. The van der Waals surface area contributed by atoms with Crippen LogP contribution < -0.4 is 0 Å². The normalized spacial score (nSPS) is 10.6. The molecule has 0 radical (unpaired) electrons. The van der Waals surface area contributed by atoms with Crippen molar-refractivity contribution in [1.29, 1.82) is 0 Å². The smallest absolute Gasteiger partial charge is 0.354 e. The lowest BCUT2D eigenvalue weighted by molar-refractivity contribution is 0.0683. The molecule has 0 amide bonds. The number of nitrogens with zero attached hydrogens (tertiary/aromatic N) is 2. The molecule has 0 saturated carbocycles. The third-order valence-corrected chi connectivity index (χ3v) is 3.09. The van der Waals surface area contributed by atoms with Crippen molar-refractivity contribution in [2.24, 2.45) is 0 Å². The first-order chi connectivity index (χ1) is 9.15. The molecule has 1 aromatic carbocycles. The molecule has 0 aliphatic carbocycles. The lowest BCUT2D eigenvalue weighted by Gasteiger charge is -2.01. The van der Waals surface area contributed by atoms with Crippen LogP contribution in [0.4, 0.5) is 0 Å². The molecule has 0 atom stereocenters. The molecule has 1 N–H and O–H groups in total. The van der Waals surface area contributed by atoms with Crippen molar-refractivity contribution in [1.82, 2.24) is 9.78 Å². The second-order valence-corrected chi connectivity index (χ2v) is 4.49. The highest BCUT2D eigenvalue weighted by atomic mass is 16.4. The summed E-state index contributed by atoms with van der Waals surface area (Å²) >= 11 is 0. The Balaban J connectivity index is 2.38. The number of rotatable bonds is 5. The minimum Gasteiger partial charge on any atom is -0.477 e. The van der Waals surface area contributed by atoms with Crippen LogP contribution in [0.2, 0.25) is 0 Å². The number of aryl methyl sites for hydroxylation is 2. The van der Waals surface area contributed by atoms with Gasteiger partial charge in [-0.1, -0.05) is 38.1 Å². The van der Waals surface area contributed by atoms with E-state index in [1.807, 2.05) is 19.1 Å². The fraction of sp³-hybridized carbons (Fsp3) is 0.333. The van der Waals surface area contributed by atoms with Crippen LogP contribution in [0.15, 0.2) is 30.3 Å². The number of carboxylic acid groups (broad SMARTS) is 1. The Labute approximate surface area is 112 Å². The van der Waals surface area contributed by atoms with Crippen molar-refractivity contribution in [2.45, 2.75) is 33.2 Å². The van der Waals surface area contributed by atoms with Gasteiger partial charge in [-0.3, -0.25) is 4.68 Å². The Kier molecular flexibility index (Phi) is 4.00. The van der Waals surface area contributed by atoms with Crippen molar-refractivity contribution in [2.75, 3.05) is 0 Å². The maximum atomic E-state index is 11.2. The second kappa shape index (κ2) is 5.69. The molecule has 0 bridgehead atoms. The number of aromatic nitrogens is 2. The maximum Gasteiger partial charge on any atom is 0.354 e. The predicted octanol–water partition coefficient (Wildman–Crippen LogP) is 3.22. The standard InChI is InChI=1S/C15H18N2O2/c1-3-9-17-14(15(18)19)10-13(16-17)12-7-5-11(4-2)6-8-12/h5-8,10H,3-4,9H2,1-2H3,(H,18,19). The second-order valence-electron chi connectivity index (χ2n) is 4.49. The molecule has 1 heterocycles. The Morgan fingerprint density at radius 2 is 1.95 bits per heavy atom. The van der Waals surface area contributed by atoms with Crippen molar-refractivity contribution in [3.05, 3.63) is 41.6 Å². The van der Waals surface area contributed by atoms with Gasteiger partial charge in [0.15, 0.2) is 0 Å². The van der Waals surface area contributed by atoms with Crippen LogP contribution in [0.25, 0.3) is 11.3 Å². The van der Waals surface area contributed by atoms with E-state index in [0.29, 0.717) is 12.2 Å². The first-order valence-electron chi connectivity index (χ1n) is 6.56. The lowest BCUT2D eigenvalue weighted by atomic mass is 10.1. The van der Waals surface area contributed by atoms with Gasteiger partial charge in [-0.25, -0.2) is 4.79 Å². The van der Waals surface area contributed by atoms with E-state index < -0.39 is 5.97 Å². The van der Waals surface area contributed by atoms with E-state index in [0.717, 1.165) is 18.4 Å². The lowest BCUT2D eigenvalue weighted by Crippen LogP contribution is -2.09. The minimum absolute atomic E-state index is 0.247. The molecule has 4 heteroatoms. The summed E-state index contributed by atoms with van der Waals surface area (Å²) in [5.41, 5.74) is 3.18. The van der Waals surface area contributed by atoms with E-state index in [-0.39, 0.29) is 5.69 Å². The van der Waals surface area contributed by atoms with E-state index in [1.165, 1.54) is 5.56 Å². The molecule has 0 unspecified atom stereocenters. The average molecular weight is 258 g/mol. The summed E-state index contributed by atoms with van der Waals surface area (Å²) in [6.07, 6.45) is 1.85. The monoisotopic (exact) mass is 258 g/mol. The van der Waals surface area contributed by atoms with Gasteiger partial charge in [0.2, 0.25) is 0 Å². The van der Waals surface area contributed by atoms with Gasteiger partial charge >= 0.3 is 5.97 Å². The molecular weight excluding hydrogens is 240 g/mol. The molecule has 4 nitrogen and oxygen atoms in total.